The van der Waals surface area contributed by atoms with E-state index in [2.05, 4.69) is 27.5 Å². The molecular weight excluding hydrogens is 388 g/mol. The van der Waals surface area contributed by atoms with E-state index in [0.29, 0.717) is 0 Å². The lowest BCUT2D eigenvalue weighted by molar-refractivity contribution is 0.264. The van der Waals surface area contributed by atoms with Crippen molar-refractivity contribution < 1.29 is 0 Å². The van der Waals surface area contributed by atoms with Gasteiger partial charge >= 0.3 is 0 Å². The van der Waals surface area contributed by atoms with Crippen LogP contribution in [0.15, 0.2) is 35.4 Å². The van der Waals surface area contributed by atoms with Crippen molar-refractivity contribution in [3.8, 4) is 11.3 Å². The number of nitrogens with one attached hydrogen (secondary N) is 1. The van der Waals surface area contributed by atoms with E-state index >= 15 is 0 Å². The van der Waals surface area contributed by atoms with Crippen molar-refractivity contribution in [1.29, 1.82) is 0 Å². The normalized spacial score (nSPS) is 20.0. The fourth-order valence-corrected chi connectivity index (χ4v) is 5.16. The van der Waals surface area contributed by atoms with Gasteiger partial charge < -0.3 is 5.32 Å². The second-order valence-corrected chi connectivity index (χ2v) is 9.37. The minimum atomic E-state index is 0.0223. The number of aromatic nitrogens is 5. The Bertz CT molecular complexity index is 1410. The fourth-order valence-electron chi connectivity index (χ4n) is 5.16. The van der Waals surface area contributed by atoms with Crippen molar-refractivity contribution in [2.24, 2.45) is 0 Å². The van der Waals surface area contributed by atoms with E-state index < -0.39 is 0 Å². The van der Waals surface area contributed by atoms with Gasteiger partial charge in [0.2, 0.25) is 0 Å². The Labute approximate surface area is 180 Å². The molecule has 1 aliphatic heterocycles. The van der Waals surface area contributed by atoms with Gasteiger partial charge in [-0.05, 0) is 82.3 Å². The number of piperidine rings is 1. The number of hydrogen-bond donors (Lipinski definition) is 1. The summed E-state index contributed by atoms with van der Waals surface area (Å²) < 4.78 is 3.57. The molecule has 1 aromatic carbocycles. The summed E-state index contributed by atoms with van der Waals surface area (Å²) in [6.07, 6.45) is 8.15. The van der Waals surface area contributed by atoms with E-state index in [1.54, 1.807) is 4.68 Å². The topological polar surface area (TPSA) is 77.1 Å². The maximum Gasteiger partial charge on any atom is 0.275 e. The maximum atomic E-state index is 13.4. The molecule has 31 heavy (non-hydrogen) atoms. The first-order chi connectivity index (χ1) is 14.9. The second kappa shape index (κ2) is 6.47. The summed E-state index contributed by atoms with van der Waals surface area (Å²) in [6, 6.07) is 6.33. The summed E-state index contributed by atoms with van der Waals surface area (Å²) in [5.74, 6) is 0. The first-order valence-electron chi connectivity index (χ1n) is 11.0. The largest absolute Gasteiger partial charge is 0.311 e. The average Bonchev–Trinajstić information content (AvgIpc) is 3.35. The molecule has 3 aromatic heterocycles. The summed E-state index contributed by atoms with van der Waals surface area (Å²) >= 11 is 0. The van der Waals surface area contributed by atoms with E-state index in [1.165, 1.54) is 12.8 Å². The van der Waals surface area contributed by atoms with Gasteiger partial charge in [-0.25, -0.2) is 14.2 Å². The fraction of sp³-hybridized carbons (Fsp3) is 0.417. The van der Waals surface area contributed by atoms with Gasteiger partial charge in [-0.3, -0.25) is 4.79 Å². The summed E-state index contributed by atoms with van der Waals surface area (Å²) in [5, 5.41) is 14.6. The summed E-state index contributed by atoms with van der Waals surface area (Å²) in [5.41, 5.74) is 5.98. The van der Waals surface area contributed by atoms with Gasteiger partial charge in [0, 0.05) is 16.5 Å². The lowest BCUT2D eigenvalue weighted by atomic mass is 9.97. The third-order valence-corrected chi connectivity index (χ3v) is 6.94. The molecule has 1 aliphatic carbocycles. The zero-order chi connectivity index (χ0) is 21.3. The Balaban J connectivity index is 1.45. The Morgan fingerprint density at radius 1 is 1.13 bits per heavy atom. The predicted octanol–water partition coefficient (Wildman–Crippen LogP) is 3.49. The molecule has 2 fully saturated rings. The number of hydrogen-bond acceptors (Lipinski definition) is 5. The first kappa shape index (κ1) is 18.7. The van der Waals surface area contributed by atoms with Crippen LogP contribution in [0.3, 0.4) is 0 Å². The highest BCUT2D eigenvalue weighted by Crippen LogP contribution is 2.45. The number of fused-ring (bicyclic) bond motifs is 2. The molecule has 4 heterocycles. The highest BCUT2D eigenvalue weighted by molar-refractivity contribution is 5.88. The van der Waals surface area contributed by atoms with Crippen molar-refractivity contribution in [3.05, 3.63) is 57.8 Å². The van der Waals surface area contributed by atoms with Crippen LogP contribution in [0.1, 0.15) is 48.5 Å². The third kappa shape index (κ3) is 2.98. The van der Waals surface area contributed by atoms with Crippen LogP contribution in [0.4, 0.5) is 0 Å². The number of imidazole rings is 1. The van der Waals surface area contributed by atoms with E-state index in [4.69, 9.17) is 5.10 Å². The number of aryl methyl sites for hydroxylation is 3. The lowest BCUT2D eigenvalue weighted by Gasteiger charge is -2.31. The lowest BCUT2D eigenvalue weighted by Crippen LogP contribution is -2.43. The summed E-state index contributed by atoms with van der Waals surface area (Å²) in [4.78, 5) is 17.9. The molecule has 1 spiro atoms. The van der Waals surface area contributed by atoms with Crippen LogP contribution in [0, 0.1) is 20.8 Å². The van der Waals surface area contributed by atoms with E-state index in [1.807, 2.05) is 43.7 Å². The molecular formula is C24H26N6O. The van der Waals surface area contributed by atoms with Crippen LogP contribution in [-0.4, -0.2) is 36.5 Å². The zero-order valence-corrected chi connectivity index (χ0v) is 18.1. The van der Waals surface area contributed by atoms with Crippen LogP contribution in [-0.2, 0) is 0 Å². The maximum absolute atomic E-state index is 13.4. The van der Waals surface area contributed by atoms with E-state index in [9.17, 15) is 4.79 Å². The SMILES string of the molecule is Cc1cn2nc(-c3cc(C)c4c(=O)n(C5CCNC6(CC6)C5)ncc4c3)cc(C)c2n1. The molecule has 1 saturated heterocycles. The smallest absolute Gasteiger partial charge is 0.275 e. The summed E-state index contributed by atoms with van der Waals surface area (Å²) in [7, 11) is 0. The van der Waals surface area contributed by atoms with Crippen LogP contribution < -0.4 is 10.9 Å². The molecule has 7 heteroatoms. The minimum absolute atomic E-state index is 0.0223. The quantitative estimate of drug-likeness (QED) is 0.543. The van der Waals surface area contributed by atoms with Crippen molar-refractivity contribution in [2.45, 2.75) is 58.0 Å². The average molecular weight is 415 g/mol. The zero-order valence-electron chi connectivity index (χ0n) is 18.1. The standard InChI is InChI=1S/C24H26N6O/c1-14-8-17(20-9-15(2)22-27-16(3)13-29(22)28-20)10-18-12-26-30(23(31)21(14)18)19-4-7-25-24(11-19)5-6-24/h8-10,12-13,19,25H,4-7,11H2,1-3H3. The van der Waals surface area contributed by atoms with Gasteiger partial charge in [-0.1, -0.05) is 0 Å². The Morgan fingerprint density at radius 3 is 2.77 bits per heavy atom. The number of benzene rings is 1. The number of rotatable bonds is 2. The predicted molar refractivity (Wildman–Crippen MR) is 120 cm³/mol. The van der Waals surface area contributed by atoms with Gasteiger partial charge in [0.25, 0.3) is 5.56 Å². The van der Waals surface area contributed by atoms with Crippen molar-refractivity contribution in [2.75, 3.05) is 6.54 Å². The van der Waals surface area contributed by atoms with Gasteiger partial charge in [0.1, 0.15) is 0 Å². The molecule has 0 bridgehead atoms. The van der Waals surface area contributed by atoms with E-state index in [0.717, 1.165) is 63.9 Å². The van der Waals surface area contributed by atoms with Crippen molar-refractivity contribution >= 4 is 16.4 Å². The van der Waals surface area contributed by atoms with Crippen LogP contribution in [0.5, 0.6) is 0 Å². The second-order valence-electron chi connectivity index (χ2n) is 9.37. The van der Waals surface area contributed by atoms with Gasteiger partial charge in [0.15, 0.2) is 5.65 Å². The highest BCUT2D eigenvalue weighted by Gasteiger charge is 2.46. The van der Waals surface area contributed by atoms with Crippen molar-refractivity contribution in [3.63, 3.8) is 0 Å². The highest BCUT2D eigenvalue weighted by atomic mass is 16.1. The molecule has 0 amide bonds. The molecule has 1 unspecified atom stereocenters. The minimum Gasteiger partial charge on any atom is -0.311 e. The van der Waals surface area contributed by atoms with Gasteiger partial charge in [0.05, 0.1) is 35.2 Å². The van der Waals surface area contributed by atoms with Gasteiger partial charge in [-0.15, -0.1) is 0 Å². The molecule has 1 saturated carbocycles. The first-order valence-corrected chi connectivity index (χ1v) is 11.0. The molecule has 6 rings (SSSR count). The monoisotopic (exact) mass is 414 g/mol. The molecule has 158 valence electrons. The Hall–Kier alpha value is -3.06. The molecule has 4 aromatic rings. The number of nitrogens with zero attached hydrogens (tertiary/aromatic N) is 5. The van der Waals surface area contributed by atoms with Gasteiger partial charge in [-0.2, -0.15) is 10.2 Å². The molecule has 1 N–H and O–H groups in total. The molecule has 1 atom stereocenters. The molecule has 7 nitrogen and oxygen atoms in total. The Morgan fingerprint density at radius 2 is 1.97 bits per heavy atom. The van der Waals surface area contributed by atoms with Crippen molar-refractivity contribution in [1.82, 2.24) is 29.7 Å². The molecule has 2 aliphatic rings. The summed E-state index contributed by atoms with van der Waals surface area (Å²) in [6.45, 7) is 6.98. The van der Waals surface area contributed by atoms with Crippen LogP contribution in [0.2, 0.25) is 0 Å². The Kier molecular flexibility index (Phi) is 3.90. The van der Waals surface area contributed by atoms with E-state index in [-0.39, 0.29) is 17.1 Å². The van der Waals surface area contributed by atoms with Crippen LogP contribution >= 0.6 is 0 Å². The van der Waals surface area contributed by atoms with Crippen LogP contribution in [0.25, 0.3) is 27.7 Å². The third-order valence-electron chi connectivity index (χ3n) is 6.94. The molecule has 0 radical (unpaired) electrons.